The van der Waals surface area contributed by atoms with Crippen LogP contribution in [-0.2, 0) is 11.3 Å². The summed E-state index contributed by atoms with van der Waals surface area (Å²) in [5, 5.41) is 2.94. The summed E-state index contributed by atoms with van der Waals surface area (Å²) in [7, 11) is 0. The van der Waals surface area contributed by atoms with Crippen LogP contribution >= 0.6 is 22.9 Å². The van der Waals surface area contributed by atoms with E-state index in [2.05, 4.69) is 11.0 Å². The standard InChI is InChI=1S/C15H20ClNOS/c16-12-7-13(19-9-12)8-17-10-15(3-5-18-6-4-15)14(17)11-1-2-11/h7,9,11,14H,1-6,8,10H2. The van der Waals surface area contributed by atoms with Crippen LogP contribution < -0.4 is 0 Å². The predicted molar refractivity (Wildman–Crippen MR) is 78.7 cm³/mol. The Morgan fingerprint density at radius 1 is 1.37 bits per heavy atom. The Bertz CT molecular complexity index is 464. The van der Waals surface area contributed by atoms with Crippen molar-refractivity contribution in [1.82, 2.24) is 4.90 Å². The second-order valence-electron chi connectivity index (χ2n) is 6.39. The Labute approximate surface area is 123 Å². The van der Waals surface area contributed by atoms with Gasteiger partial charge < -0.3 is 4.74 Å². The summed E-state index contributed by atoms with van der Waals surface area (Å²) in [6.45, 7) is 4.32. The molecule has 3 aliphatic rings. The van der Waals surface area contributed by atoms with Crippen molar-refractivity contribution in [3.63, 3.8) is 0 Å². The third-order valence-electron chi connectivity index (χ3n) is 5.08. The highest BCUT2D eigenvalue weighted by atomic mass is 35.5. The molecule has 3 fully saturated rings. The SMILES string of the molecule is Clc1csc(CN2CC3(CCOCC3)C2C2CC2)c1. The molecular weight excluding hydrogens is 278 g/mol. The first-order valence-electron chi connectivity index (χ1n) is 7.32. The normalized spacial score (nSPS) is 30.5. The van der Waals surface area contributed by atoms with Crippen molar-refractivity contribution in [2.24, 2.45) is 11.3 Å². The summed E-state index contributed by atoms with van der Waals surface area (Å²) in [5.41, 5.74) is 0.584. The smallest absolute Gasteiger partial charge is 0.0516 e. The van der Waals surface area contributed by atoms with E-state index < -0.39 is 0 Å². The number of hydrogen-bond donors (Lipinski definition) is 0. The van der Waals surface area contributed by atoms with Gasteiger partial charge in [0.2, 0.25) is 0 Å². The lowest BCUT2D eigenvalue weighted by atomic mass is 9.64. The molecule has 2 nitrogen and oxygen atoms in total. The molecule has 2 aliphatic heterocycles. The molecule has 0 radical (unpaired) electrons. The monoisotopic (exact) mass is 297 g/mol. The van der Waals surface area contributed by atoms with E-state index in [1.54, 1.807) is 11.3 Å². The zero-order valence-corrected chi connectivity index (χ0v) is 12.7. The molecule has 0 N–H and O–H groups in total. The van der Waals surface area contributed by atoms with Gasteiger partial charge in [-0.15, -0.1) is 11.3 Å². The second kappa shape index (κ2) is 4.73. The summed E-state index contributed by atoms with van der Waals surface area (Å²) in [6, 6.07) is 2.95. The number of thiophene rings is 1. The van der Waals surface area contributed by atoms with Crippen LogP contribution in [0.2, 0.25) is 5.02 Å². The lowest BCUT2D eigenvalue weighted by Gasteiger charge is -2.60. The van der Waals surface area contributed by atoms with E-state index in [-0.39, 0.29) is 0 Å². The minimum absolute atomic E-state index is 0.584. The van der Waals surface area contributed by atoms with Crippen LogP contribution in [0.4, 0.5) is 0 Å². The van der Waals surface area contributed by atoms with Crippen molar-refractivity contribution in [2.75, 3.05) is 19.8 Å². The molecule has 19 heavy (non-hydrogen) atoms. The molecule has 1 saturated carbocycles. The van der Waals surface area contributed by atoms with Crippen molar-refractivity contribution < 1.29 is 4.74 Å². The van der Waals surface area contributed by atoms with Crippen molar-refractivity contribution in [3.8, 4) is 0 Å². The topological polar surface area (TPSA) is 12.5 Å². The zero-order chi connectivity index (χ0) is 12.9. The highest BCUT2D eigenvalue weighted by molar-refractivity contribution is 7.10. The van der Waals surface area contributed by atoms with Gasteiger partial charge in [0.05, 0.1) is 5.02 Å². The summed E-state index contributed by atoms with van der Waals surface area (Å²) < 4.78 is 5.57. The fraction of sp³-hybridized carbons (Fsp3) is 0.733. The number of hydrogen-bond acceptors (Lipinski definition) is 3. The summed E-state index contributed by atoms with van der Waals surface area (Å²) >= 11 is 7.83. The van der Waals surface area contributed by atoms with Gasteiger partial charge in [0.15, 0.2) is 0 Å². The highest BCUT2D eigenvalue weighted by Gasteiger charge is 2.57. The Kier molecular flexibility index (Phi) is 3.14. The van der Waals surface area contributed by atoms with Gasteiger partial charge in [-0.3, -0.25) is 4.90 Å². The first-order chi connectivity index (χ1) is 9.27. The van der Waals surface area contributed by atoms with Crippen LogP contribution in [0.1, 0.15) is 30.6 Å². The van der Waals surface area contributed by atoms with E-state index in [0.29, 0.717) is 5.41 Å². The van der Waals surface area contributed by atoms with Crippen LogP contribution in [0.15, 0.2) is 11.4 Å². The van der Waals surface area contributed by atoms with E-state index in [0.717, 1.165) is 36.7 Å². The maximum Gasteiger partial charge on any atom is 0.0516 e. The lowest BCUT2D eigenvalue weighted by molar-refractivity contribution is -0.143. The third kappa shape index (κ3) is 2.25. The van der Waals surface area contributed by atoms with Crippen LogP contribution in [0.5, 0.6) is 0 Å². The van der Waals surface area contributed by atoms with Crippen molar-refractivity contribution >= 4 is 22.9 Å². The van der Waals surface area contributed by atoms with Crippen molar-refractivity contribution in [2.45, 2.75) is 38.3 Å². The molecule has 2 saturated heterocycles. The zero-order valence-electron chi connectivity index (χ0n) is 11.1. The molecule has 0 amide bonds. The van der Waals surface area contributed by atoms with Gasteiger partial charge in [-0.2, -0.15) is 0 Å². The van der Waals surface area contributed by atoms with Gasteiger partial charge in [0.25, 0.3) is 0 Å². The van der Waals surface area contributed by atoms with E-state index in [4.69, 9.17) is 16.3 Å². The van der Waals surface area contributed by atoms with Crippen LogP contribution in [0, 0.1) is 11.3 Å². The van der Waals surface area contributed by atoms with E-state index >= 15 is 0 Å². The molecule has 1 unspecified atom stereocenters. The molecule has 3 heterocycles. The Morgan fingerprint density at radius 2 is 2.16 bits per heavy atom. The van der Waals surface area contributed by atoms with E-state index in [1.165, 1.54) is 37.1 Å². The molecule has 0 aromatic carbocycles. The molecule has 1 aromatic heterocycles. The minimum atomic E-state index is 0.584. The molecular formula is C15H20ClNOS. The van der Waals surface area contributed by atoms with Crippen LogP contribution in [0.25, 0.3) is 0 Å². The average molecular weight is 298 g/mol. The molecule has 4 heteroatoms. The van der Waals surface area contributed by atoms with E-state index in [9.17, 15) is 0 Å². The van der Waals surface area contributed by atoms with Gasteiger partial charge in [-0.05, 0) is 37.7 Å². The van der Waals surface area contributed by atoms with Gasteiger partial charge in [0.1, 0.15) is 0 Å². The summed E-state index contributed by atoms with van der Waals surface area (Å²) in [4.78, 5) is 4.11. The first kappa shape index (κ1) is 12.6. The molecule has 1 aromatic rings. The quantitative estimate of drug-likeness (QED) is 0.841. The highest BCUT2D eigenvalue weighted by Crippen LogP contribution is 2.55. The third-order valence-corrected chi connectivity index (χ3v) is 6.35. The molecule has 104 valence electrons. The van der Waals surface area contributed by atoms with Gasteiger partial charge in [0, 0.05) is 48.0 Å². The predicted octanol–water partition coefficient (Wildman–Crippen LogP) is 3.79. The largest absolute Gasteiger partial charge is 0.381 e. The Morgan fingerprint density at radius 3 is 2.79 bits per heavy atom. The number of nitrogens with zero attached hydrogens (tertiary/aromatic N) is 1. The fourth-order valence-electron chi connectivity index (χ4n) is 4.10. The average Bonchev–Trinajstić information content (AvgIpc) is 3.12. The van der Waals surface area contributed by atoms with Gasteiger partial charge in [-0.1, -0.05) is 11.6 Å². The summed E-state index contributed by atoms with van der Waals surface area (Å²) in [5.74, 6) is 0.960. The maximum atomic E-state index is 6.03. The molecule has 4 rings (SSSR count). The number of ether oxygens (including phenoxy) is 1. The number of rotatable bonds is 3. The molecule has 1 spiro atoms. The lowest BCUT2D eigenvalue weighted by Crippen LogP contribution is -2.66. The number of likely N-dealkylation sites (tertiary alicyclic amines) is 1. The van der Waals surface area contributed by atoms with Crippen molar-refractivity contribution in [3.05, 3.63) is 21.3 Å². The van der Waals surface area contributed by atoms with Gasteiger partial charge in [-0.25, -0.2) is 0 Å². The molecule has 1 atom stereocenters. The van der Waals surface area contributed by atoms with Crippen LogP contribution in [-0.4, -0.2) is 30.7 Å². The number of halogens is 1. The summed E-state index contributed by atoms with van der Waals surface area (Å²) in [6.07, 6.45) is 5.43. The maximum absolute atomic E-state index is 6.03. The van der Waals surface area contributed by atoms with E-state index in [1.807, 2.05) is 5.38 Å². The van der Waals surface area contributed by atoms with Crippen LogP contribution in [0.3, 0.4) is 0 Å². The Hall–Kier alpha value is -0.0900. The first-order valence-corrected chi connectivity index (χ1v) is 8.57. The molecule has 0 bridgehead atoms. The molecule has 1 aliphatic carbocycles. The van der Waals surface area contributed by atoms with Crippen molar-refractivity contribution in [1.29, 1.82) is 0 Å². The minimum Gasteiger partial charge on any atom is -0.381 e. The second-order valence-corrected chi connectivity index (χ2v) is 7.83. The fourth-order valence-corrected chi connectivity index (χ4v) is 5.20. The Balaban J connectivity index is 1.48. The van der Waals surface area contributed by atoms with Gasteiger partial charge >= 0.3 is 0 Å².